The van der Waals surface area contributed by atoms with Crippen molar-refractivity contribution in [1.82, 2.24) is 0 Å². The summed E-state index contributed by atoms with van der Waals surface area (Å²) in [5.41, 5.74) is 6.90. The Kier molecular flexibility index (Phi) is 3.81. The van der Waals surface area contributed by atoms with Crippen LogP contribution in [0, 0.1) is 0 Å². The van der Waals surface area contributed by atoms with E-state index in [1.54, 1.807) is 37.4 Å². The summed E-state index contributed by atoms with van der Waals surface area (Å²) in [5.74, 6) is 0.809. The lowest BCUT2D eigenvalue weighted by molar-refractivity contribution is 0.0965. The first-order valence-electron chi connectivity index (χ1n) is 5.94. The van der Waals surface area contributed by atoms with E-state index in [-0.39, 0.29) is 5.91 Å². The summed E-state index contributed by atoms with van der Waals surface area (Å²) in [6.07, 6.45) is 0.746. The Morgan fingerprint density at radius 1 is 1.37 bits per heavy atom. The van der Waals surface area contributed by atoms with Crippen LogP contribution in [0.2, 0.25) is 5.02 Å². The molecule has 19 heavy (non-hydrogen) atoms. The van der Waals surface area contributed by atoms with Crippen molar-refractivity contribution in [2.24, 2.45) is 0 Å². The van der Waals surface area contributed by atoms with Gasteiger partial charge < -0.3 is 15.1 Å². The molecule has 0 saturated carbocycles. The van der Waals surface area contributed by atoms with Gasteiger partial charge in [0.1, 0.15) is 5.76 Å². The van der Waals surface area contributed by atoms with Crippen molar-refractivity contribution < 1.29 is 9.21 Å². The van der Waals surface area contributed by atoms with Crippen LogP contribution in [0.5, 0.6) is 0 Å². The number of anilines is 2. The third-order valence-electron chi connectivity index (χ3n) is 2.88. The van der Waals surface area contributed by atoms with Crippen LogP contribution in [0.3, 0.4) is 0 Å². The molecule has 0 aliphatic heterocycles. The summed E-state index contributed by atoms with van der Waals surface area (Å²) in [7, 11) is 1.64. The molecular weight excluding hydrogens is 264 g/mol. The maximum Gasteiger partial charge on any atom is 0.293 e. The number of furan rings is 1. The molecule has 0 aliphatic carbocycles. The number of benzene rings is 1. The van der Waals surface area contributed by atoms with Crippen LogP contribution in [0.4, 0.5) is 11.4 Å². The lowest BCUT2D eigenvalue weighted by Gasteiger charge is -2.18. The van der Waals surface area contributed by atoms with Gasteiger partial charge in [-0.2, -0.15) is 0 Å². The maximum atomic E-state index is 12.3. The highest BCUT2D eigenvalue weighted by molar-refractivity contribution is 6.31. The molecular formula is C14H15ClN2O2. The molecule has 2 aromatic rings. The van der Waals surface area contributed by atoms with E-state index < -0.39 is 0 Å². The van der Waals surface area contributed by atoms with Crippen molar-refractivity contribution in [1.29, 1.82) is 0 Å². The Bertz CT molecular complexity index is 607. The Balaban J connectivity index is 2.30. The number of aryl methyl sites for hydroxylation is 1. The zero-order valence-electron chi connectivity index (χ0n) is 10.8. The topological polar surface area (TPSA) is 59.5 Å². The molecule has 1 amide bonds. The van der Waals surface area contributed by atoms with Crippen molar-refractivity contribution in [3.8, 4) is 0 Å². The van der Waals surface area contributed by atoms with Gasteiger partial charge >= 0.3 is 0 Å². The lowest BCUT2D eigenvalue weighted by atomic mass is 10.2. The van der Waals surface area contributed by atoms with Gasteiger partial charge in [0.05, 0.1) is 11.4 Å². The molecule has 1 aromatic carbocycles. The fourth-order valence-corrected chi connectivity index (χ4v) is 1.93. The monoisotopic (exact) mass is 278 g/mol. The second-order valence-corrected chi connectivity index (χ2v) is 4.62. The molecule has 2 rings (SSSR count). The third-order valence-corrected chi connectivity index (χ3v) is 3.11. The normalized spacial score (nSPS) is 10.5. The van der Waals surface area contributed by atoms with Crippen LogP contribution in [-0.4, -0.2) is 13.0 Å². The number of carbonyl (C=O) groups is 1. The maximum absolute atomic E-state index is 12.3. The summed E-state index contributed by atoms with van der Waals surface area (Å²) in [6, 6.07) is 8.46. The second kappa shape index (κ2) is 5.36. The molecule has 1 aromatic heterocycles. The largest absolute Gasteiger partial charge is 0.456 e. The van der Waals surface area contributed by atoms with E-state index in [1.807, 2.05) is 6.92 Å². The van der Waals surface area contributed by atoms with Crippen molar-refractivity contribution in [2.75, 3.05) is 17.7 Å². The van der Waals surface area contributed by atoms with E-state index in [0.717, 1.165) is 12.2 Å². The van der Waals surface area contributed by atoms with Crippen LogP contribution in [0.15, 0.2) is 34.7 Å². The summed E-state index contributed by atoms with van der Waals surface area (Å²) < 4.78 is 5.44. The Labute approximate surface area is 116 Å². The van der Waals surface area contributed by atoms with Gasteiger partial charge in [-0.25, -0.2) is 0 Å². The quantitative estimate of drug-likeness (QED) is 0.876. The van der Waals surface area contributed by atoms with Crippen LogP contribution < -0.4 is 10.6 Å². The van der Waals surface area contributed by atoms with Gasteiger partial charge in [-0.3, -0.25) is 4.79 Å². The number of nitrogen functional groups attached to an aromatic ring is 1. The number of rotatable bonds is 3. The molecule has 4 nitrogen and oxygen atoms in total. The van der Waals surface area contributed by atoms with Gasteiger partial charge in [-0.15, -0.1) is 0 Å². The molecule has 0 bridgehead atoms. The first-order chi connectivity index (χ1) is 9.02. The standard InChI is InChI=1S/C14H15ClN2O2/c1-3-10-5-7-13(19-10)14(18)17(2)12-8-9(15)4-6-11(12)16/h4-8H,3,16H2,1-2H3. The molecule has 0 saturated heterocycles. The highest BCUT2D eigenvalue weighted by atomic mass is 35.5. The molecule has 1 heterocycles. The lowest BCUT2D eigenvalue weighted by Crippen LogP contribution is -2.26. The van der Waals surface area contributed by atoms with Gasteiger partial charge in [0.15, 0.2) is 5.76 Å². The van der Waals surface area contributed by atoms with Crippen molar-refractivity contribution in [3.63, 3.8) is 0 Å². The Hall–Kier alpha value is -1.94. The van der Waals surface area contributed by atoms with Gasteiger partial charge in [0.2, 0.25) is 0 Å². The van der Waals surface area contributed by atoms with Gasteiger partial charge in [0, 0.05) is 18.5 Å². The van der Waals surface area contributed by atoms with Crippen LogP contribution in [0.1, 0.15) is 23.2 Å². The SMILES string of the molecule is CCc1ccc(C(=O)N(C)c2cc(Cl)ccc2N)o1. The predicted molar refractivity (Wildman–Crippen MR) is 76.7 cm³/mol. The molecule has 100 valence electrons. The number of carbonyl (C=O) groups excluding carboxylic acids is 1. The number of nitrogens with zero attached hydrogens (tertiary/aromatic N) is 1. The summed E-state index contributed by atoms with van der Waals surface area (Å²) in [5, 5.41) is 0.526. The Morgan fingerprint density at radius 3 is 2.74 bits per heavy atom. The molecule has 2 N–H and O–H groups in total. The van der Waals surface area contributed by atoms with Crippen LogP contribution in [0.25, 0.3) is 0 Å². The first kappa shape index (κ1) is 13.5. The predicted octanol–water partition coefficient (Wildman–Crippen LogP) is 3.35. The molecule has 0 aliphatic rings. The Morgan fingerprint density at radius 2 is 2.11 bits per heavy atom. The van der Waals surface area contributed by atoms with Gasteiger partial charge in [0.25, 0.3) is 5.91 Å². The number of halogens is 1. The third kappa shape index (κ3) is 2.74. The summed E-state index contributed by atoms with van der Waals surface area (Å²) in [6.45, 7) is 1.96. The van der Waals surface area contributed by atoms with E-state index >= 15 is 0 Å². The zero-order chi connectivity index (χ0) is 14.0. The minimum atomic E-state index is -0.256. The fraction of sp³-hybridized carbons (Fsp3) is 0.214. The number of hydrogen-bond acceptors (Lipinski definition) is 3. The van der Waals surface area contributed by atoms with Gasteiger partial charge in [-0.05, 0) is 30.3 Å². The fourth-order valence-electron chi connectivity index (χ4n) is 1.76. The average Bonchev–Trinajstić information content (AvgIpc) is 2.88. The molecule has 5 heteroatoms. The van der Waals surface area contributed by atoms with Gasteiger partial charge in [-0.1, -0.05) is 18.5 Å². The zero-order valence-corrected chi connectivity index (χ0v) is 11.6. The number of nitrogens with two attached hydrogens (primary N) is 1. The molecule has 0 atom stereocenters. The highest BCUT2D eigenvalue weighted by Crippen LogP contribution is 2.27. The van der Waals surface area contributed by atoms with Crippen molar-refractivity contribution >= 4 is 28.9 Å². The van der Waals surface area contributed by atoms with E-state index in [4.69, 9.17) is 21.8 Å². The summed E-state index contributed by atoms with van der Waals surface area (Å²) in [4.78, 5) is 13.7. The van der Waals surface area contributed by atoms with E-state index in [0.29, 0.717) is 22.2 Å². The first-order valence-corrected chi connectivity index (χ1v) is 6.32. The highest BCUT2D eigenvalue weighted by Gasteiger charge is 2.19. The van der Waals surface area contributed by atoms with E-state index in [2.05, 4.69) is 0 Å². The van der Waals surface area contributed by atoms with E-state index in [9.17, 15) is 4.79 Å². The van der Waals surface area contributed by atoms with Crippen LogP contribution in [-0.2, 0) is 6.42 Å². The molecule has 0 fully saturated rings. The number of amides is 1. The number of hydrogen-bond donors (Lipinski definition) is 1. The van der Waals surface area contributed by atoms with E-state index in [1.165, 1.54) is 4.90 Å². The minimum Gasteiger partial charge on any atom is -0.456 e. The molecule has 0 radical (unpaired) electrons. The summed E-state index contributed by atoms with van der Waals surface area (Å²) >= 11 is 5.92. The minimum absolute atomic E-state index is 0.256. The second-order valence-electron chi connectivity index (χ2n) is 4.19. The van der Waals surface area contributed by atoms with Crippen LogP contribution >= 0.6 is 11.6 Å². The van der Waals surface area contributed by atoms with Crippen molar-refractivity contribution in [2.45, 2.75) is 13.3 Å². The average molecular weight is 279 g/mol. The smallest absolute Gasteiger partial charge is 0.293 e. The molecule has 0 unspecified atom stereocenters. The van der Waals surface area contributed by atoms with Crippen molar-refractivity contribution in [3.05, 3.63) is 46.9 Å². The molecule has 0 spiro atoms.